The van der Waals surface area contributed by atoms with Crippen molar-refractivity contribution in [3.8, 4) is 22.6 Å². The molecule has 0 radical (unpaired) electrons. The lowest BCUT2D eigenvalue weighted by Gasteiger charge is -2.25. The summed E-state index contributed by atoms with van der Waals surface area (Å²) in [5, 5.41) is 4.16. The summed E-state index contributed by atoms with van der Waals surface area (Å²) in [6.07, 6.45) is 0. The maximum absolute atomic E-state index is 6.46. The second-order valence-electron chi connectivity index (χ2n) is 12.0. The maximum Gasteiger partial charge on any atom is 0.227 e. The average molecular weight is 619 g/mol. The van der Waals surface area contributed by atoms with Gasteiger partial charge in [-0.05, 0) is 72.3 Å². The lowest BCUT2D eigenvalue weighted by Crippen LogP contribution is -2.09. The van der Waals surface area contributed by atoms with Crippen LogP contribution in [0.25, 0.3) is 77.6 Å². The maximum atomic E-state index is 6.46. The van der Waals surface area contributed by atoms with Gasteiger partial charge < -0.3 is 18.2 Å². The summed E-state index contributed by atoms with van der Waals surface area (Å²) in [7, 11) is 0. The Labute approximate surface area is 274 Å². The van der Waals surface area contributed by atoms with Gasteiger partial charge in [0.15, 0.2) is 5.58 Å². The molecule has 0 saturated heterocycles. The molecule has 0 aliphatic rings. The summed E-state index contributed by atoms with van der Waals surface area (Å²) in [6.45, 7) is 0. The highest BCUT2D eigenvalue weighted by Crippen LogP contribution is 2.42. The number of rotatable bonds is 5. The van der Waals surface area contributed by atoms with Crippen LogP contribution < -0.4 is 4.90 Å². The topological polar surface area (TPSA) is 55.6 Å². The average Bonchev–Trinajstić information content (AvgIpc) is 3.86. The van der Waals surface area contributed by atoms with Gasteiger partial charge in [0.1, 0.15) is 27.8 Å². The number of hydrogen-bond acceptors (Lipinski definition) is 5. The molecule has 3 heterocycles. The SMILES string of the molecule is c1ccc(-c2nc3ccc4oc5cc(N(c6ccccc6)c6ccc(-c7cccc8c7oc7ccccc78)cc6)ccc5c4c3o2)cc1. The molecule has 0 N–H and O–H groups in total. The molecule has 0 saturated carbocycles. The fourth-order valence-electron chi connectivity index (χ4n) is 6.87. The van der Waals surface area contributed by atoms with Gasteiger partial charge in [-0.15, -0.1) is 0 Å². The zero-order valence-electron chi connectivity index (χ0n) is 25.6. The van der Waals surface area contributed by atoms with Crippen LogP contribution in [0.15, 0.2) is 171 Å². The van der Waals surface area contributed by atoms with Crippen molar-refractivity contribution in [2.75, 3.05) is 4.90 Å². The van der Waals surface area contributed by atoms with Gasteiger partial charge in [-0.2, -0.15) is 0 Å². The number of aromatic nitrogens is 1. The Morgan fingerprint density at radius 1 is 0.417 bits per heavy atom. The number of anilines is 3. The monoisotopic (exact) mass is 618 g/mol. The van der Waals surface area contributed by atoms with E-state index in [-0.39, 0.29) is 0 Å². The van der Waals surface area contributed by atoms with Crippen molar-refractivity contribution < 1.29 is 13.3 Å². The molecule has 5 heteroatoms. The lowest BCUT2D eigenvalue weighted by atomic mass is 10.0. The fourth-order valence-corrected chi connectivity index (χ4v) is 6.87. The van der Waals surface area contributed by atoms with Crippen LogP contribution in [0.1, 0.15) is 0 Å². The fraction of sp³-hybridized carbons (Fsp3) is 0. The van der Waals surface area contributed by atoms with Crippen molar-refractivity contribution in [2.45, 2.75) is 0 Å². The highest BCUT2D eigenvalue weighted by Gasteiger charge is 2.20. The lowest BCUT2D eigenvalue weighted by molar-refractivity contribution is 0.622. The van der Waals surface area contributed by atoms with Crippen LogP contribution in [0.5, 0.6) is 0 Å². The predicted octanol–water partition coefficient (Wildman–Crippen LogP) is 12.4. The molecule has 0 atom stereocenters. The Morgan fingerprint density at radius 2 is 1.15 bits per heavy atom. The standard InChI is InChI=1S/C43H26N2O3/c1-3-10-28(11-4-1)43-44-36-24-25-38-40(42(36)48-43)35-23-22-31(26-39(35)46-38)45(29-12-5-2-6-13-29)30-20-18-27(19-21-30)32-15-9-16-34-33-14-7-8-17-37(33)47-41(32)34/h1-26H. The smallest absolute Gasteiger partial charge is 0.227 e. The zero-order valence-corrected chi connectivity index (χ0v) is 25.6. The van der Waals surface area contributed by atoms with Crippen LogP contribution in [-0.2, 0) is 0 Å². The summed E-state index contributed by atoms with van der Waals surface area (Å²) >= 11 is 0. The largest absolute Gasteiger partial charge is 0.456 e. The van der Waals surface area contributed by atoms with Crippen molar-refractivity contribution in [1.29, 1.82) is 0 Å². The van der Waals surface area contributed by atoms with Crippen LogP contribution in [0.3, 0.4) is 0 Å². The molecule has 0 aliphatic heterocycles. The Hall–Kier alpha value is -6.59. The minimum absolute atomic E-state index is 0.597. The molecule has 0 unspecified atom stereocenters. The van der Waals surface area contributed by atoms with E-state index in [9.17, 15) is 0 Å². The third-order valence-corrected chi connectivity index (χ3v) is 9.11. The minimum atomic E-state index is 0.597. The number of oxazole rings is 1. The molecule has 226 valence electrons. The van der Waals surface area contributed by atoms with Gasteiger partial charge >= 0.3 is 0 Å². The molecule has 5 nitrogen and oxygen atoms in total. The molecule has 3 aromatic heterocycles. The second kappa shape index (κ2) is 10.5. The van der Waals surface area contributed by atoms with E-state index in [0.717, 1.165) is 88.7 Å². The first-order chi connectivity index (χ1) is 23.8. The van der Waals surface area contributed by atoms with Crippen molar-refractivity contribution in [3.05, 3.63) is 158 Å². The number of benzene rings is 7. The van der Waals surface area contributed by atoms with Crippen molar-refractivity contribution in [3.63, 3.8) is 0 Å². The van der Waals surface area contributed by atoms with E-state index >= 15 is 0 Å². The molecule has 7 aromatic carbocycles. The van der Waals surface area contributed by atoms with E-state index in [1.54, 1.807) is 0 Å². The van der Waals surface area contributed by atoms with E-state index < -0.39 is 0 Å². The third-order valence-electron chi connectivity index (χ3n) is 9.11. The minimum Gasteiger partial charge on any atom is -0.456 e. The van der Waals surface area contributed by atoms with Crippen LogP contribution in [0.4, 0.5) is 17.1 Å². The molecule has 10 rings (SSSR count). The van der Waals surface area contributed by atoms with E-state index in [2.05, 4.69) is 102 Å². The third kappa shape index (κ3) is 4.15. The summed E-state index contributed by atoms with van der Waals surface area (Å²) in [5.74, 6) is 0.597. The second-order valence-corrected chi connectivity index (χ2v) is 12.0. The molecule has 48 heavy (non-hydrogen) atoms. The van der Waals surface area contributed by atoms with Crippen LogP contribution in [-0.4, -0.2) is 4.98 Å². The molecule has 0 fully saturated rings. The van der Waals surface area contributed by atoms with Gasteiger partial charge in [-0.25, -0.2) is 4.98 Å². The van der Waals surface area contributed by atoms with E-state index in [1.165, 1.54) is 0 Å². The van der Waals surface area contributed by atoms with Gasteiger partial charge in [-0.3, -0.25) is 0 Å². The number of furan rings is 2. The first kappa shape index (κ1) is 26.6. The van der Waals surface area contributed by atoms with Crippen molar-refractivity contribution in [1.82, 2.24) is 4.98 Å². The van der Waals surface area contributed by atoms with E-state index in [4.69, 9.17) is 18.2 Å². The van der Waals surface area contributed by atoms with Gasteiger partial charge in [0.25, 0.3) is 0 Å². The van der Waals surface area contributed by atoms with Crippen molar-refractivity contribution >= 4 is 72.0 Å². The molecule has 0 bridgehead atoms. The predicted molar refractivity (Wildman–Crippen MR) is 194 cm³/mol. The van der Waals surface area contributed by atoms with E-state index in [0.29, 0.717) is 5.89 Å². The number of nitrogens with zero attached hydrogens (tertiary/aromatic N) is 2. The summed E-state index contributed by atoms with van der Waals surface area (Å²) < 4.78 is 19.1. The molecular weight excluding hydrogens is 592 g/mol. The highest BCUT2D eigenvalue weighted by atomic mass is 16.4. The van der Waals surface area contributed by atoms with Gasteiger partial charge in [0.05, 0.1) is 5.39 Å². The first-order valence-electron chi connectivity index (χ1n) is 16.0. The van der Waals surface area contributed by atoms with Crippen molar-refractivity contribution in [2.24, 2.45) is 0 Å². The van der Waals surface area contributed by atoms with Crippen LogP contribution in [0, 0.1) is 0 Å². The highest BCUT2D eigenvalue weighted by molar-refractivity contribution is 6.17. The van der Waals surface area contributed by atoms with Gasteiger partial charge in [-0.1, -0.05) is 84.9 Å². The molecule has 0 spiro atoms. The summed E-state index contributed by atoms with van der Waals surface area (Å²) in [5.41, 5.74) is 11.0. The summed E-state index contributed by atoms with van der Waals surface area (Å²) in [4.78, 5) is 7.02. The quantitative estimate of drug-likeness (QED) is 0.192. The molecule has 10 aromatic rings. The normalized spacial score (nSPS) is 11.8. The Morgan fingerprint density at radius 3 is 2.00 bits per heavy atom. The number of fused-ring (bicyclic) bond motifs is 8. The number of hydrogen-bond donors (Lipinski definition) is 0. The Bertz CT molecular complexity index is 2770. The van der Waals surface area contributed by atoms with Crippen LogP contribution >= 0.6 is 0 Å². The molecular formula is C43H26N2O3. The Balaban J connectivity index is 1.08. The van der Waals surface area contributed by atoms with E-state index in [1.807, 2.05) is 60.7 Å². The molecule has 0 aliphatic carbocycles. The van der Waals surface area contributed by atoms with Gasteiger partial charge in [0, 0.05) is 50.4 Å². The van der Waals surface area contributed by atoms with Gasteiger partial charge in [0.2, 0.25) is 5.89 Å². The van der Waals surface area contributed by atoms with Crippen LogP contribution in [0.2, 0.25) is 0 Å². The zero-order chi connectivity index (χ0) is 31.6. The number of para-hydroxylation sites is 3. The first-order valence-corrected chi connectivity index (χ1v) is 16.0. The Kier molecular flexibility index (Phi) is 5.81. The summed E-state index contributed by atoms with van der Waals surface area (Å²) in [6, 6.07) is 53.9. The molecule has 0 amide bonds.